The maximum atomic E-state index is 11.0. The number of nitrogens with zero attached hydrogens (tertiary/aromatic N) is 1. The van der Waals surface area contributed by atoms with Crippen LogP contribution >= 0.6 is 0 Å². The number of methoxy groups -OCH3 is 1. The molecule has 0 aromatic heterocycles. The topological polar surface area (TPSA) is 50.1 Å². The predicted octanol–water partition coefficient (Wildman–Crippen LogP) is 1.88. The number of nitriles is 1. The highest BCUT2D eigenvalue weighted by Crippen LogP contribution is 2.47. The van der Waals surface area contributed by atoms with Gasteiger partial charge >= 0.3 is 5.97 Å². The first-order valence-corrected chi connectivity index (χ1v) is 4.63. The van der Waals surface area contributed by atoms with E-state index in [0.717, 1.165) is 19.3 Å². The smallest absolute Gasteiger partial charge is 0.305 e. The van der Waals surface area contributed by atoms with Gasteiger partial charge in [0.15, 0.2) is 0 Å². The third-order valence-electron chi connectivity index (χ3n) is 3.11. The van der Waals surface area contributed by atoms with Crippen LogP contribution in [0.25, 0.3) is 0 Å². The molecule has 1 aliphatic carbocycles. The Hall–Kier alpha value is -1.04. The van der Waals surface area contributed by atoms with E-state index in [1.165, 1.54) is 7.11 Å². The third-order valence-corrected chi connectivity index (χ3v) is 3.11. The fourth-order valence-corrected chi connectivity index (χ4v) is 1.80. The molecule has 0 radical (unpaired) electrons. The van der Waals surface area contributed by atoms with Crippen molar-refractivity contribution in [3.05, 3.63) is 0 Å². The molecule has 3 nitrogen and oxygen atoms in total. The van der Waals surface area contributed by atoms with Gasteiger partial charge in [-0.1, -0.05) is 13.3 Å². The van der Waals surface area contributed by atoms with Crippen molar-refractivity contribution >= 4 is 5.97 Å². The van der Waals surface area contributed by atoms with Crippen molar-refractivity contribution in [2.75, 3.05) is 7.11 Å². The number of hydrogen-bond donors (Lipinski definition) is 0. The van der Waals surface area contributed by atoms with E-state index in [4.69, 9.17) is 5.26 Å². The number of esters is 1. The Morgan fingerprint density at radius 2 is 2.31 bits per heavy atom. The Kier molecular flexibility index (Phi) is 2.92. The fourth-order valence-electron chi connectivity index (χ4n) is 1.80. The minimum Gasteiger partial charge on any atom is -0.469 e. The van der Waals surface area contributed by atoms with Crippen LogP contribution in [0.2, 0.25) is 0 Å². The summed E-state index contributed by atoms with van der Waals surface area (Å²) in [6, 6.07) is 2.34. The summed E-state index contributed by atoms with van der Waals surface area (Å²) >= 11 is 0. The van der Waals surface area contributed by atoms with Gasteiger partial charge in [0, 0.05) is 6.42 Å². The summed E-state index contributed by atoms with van der Waals surface area (Å²) in [5.41, 5.74) is -0.242. The lowest BCUT2D eigenvalue weighted by Gasteiger charge is -2.40. The number of ether oxygens (including phenoxy) is 1. The van der Waals surface area contributed by atoms with Crippen LogP contribution in [-0.4, -0.2) is 13.1 Å². The van der Waals surface area contributed by atoms with Crippen LogP contribution in [0.1, 0.15) is 32.6 Å². The van der Waals surface area contributed by atoms with Crippen LogP contribution in [0.4, 0.5) is 0 Å². The van der Waals surface area contributed by atoms with Crippen LogP contribution in [0.15, 0.2) is 0 Å². The molecule has 1 rings (SSSR count). The van der Waals surface area contributed by atoms with Gasteiger partial charge in [-0.05, 0) is 18.8 Å². The summed E-state index contributed by atoms with van der Waals surface area (Å²) in [6.45, 7) is 1.96. The van der Waals surface area contributed by atoms with E-state index in [-0.39, 0.29) is 17.3 Å². The van der Waals surface area contributed by atoms with Crippen molar-refractivity contribution in [2.45, 2.75) is 32.6 Å². The highest BCUT2D eigenvalue weighted by atomic mass is 16.5. The van der Waals surface area contributed by atoms with E-state index in [1.807, 2.05) is 6.92 Å². The Bertz CT molecular complexity index is 238. The number of carbonyl (C=O) groups excluding carboxylic acids is 1. The Morgan fingerprint density at radius 1 is 1.69 bits per heavy atom. The molecular weight excluding hydrogens is 166 g/mol. The summed E-state index contributed by atoms with van der Waals surface area (Å²) in [7, 11) is 1.38. The number of rotatable bonds is 3. The van der Waals surface area contributed by atoms with E-state index in [2.05, 4.69) is 10.8 Å². The first-order chi connectivity index (χ1) is 6.14. The molecule has 1 atom stereocenters. The van der Waals surface area contributed by atoms with E-state index in [1.54, 1.807) is 0 Å². The highest BCUT2D eigenvalue weighted by Gasteiger charge is 2.42. The largest absolute Gasteiger partial charge is 0.469 e. The van der Waals surface area contributed by atoms with Crippen molar-refractivity contribution in [1.82, 2.24) is 0 Å². The minimum absolute atomic E-state index is 0.124. The van der Waals surface area contributed by atoms with Crippen LogP contribution in [-0.2, 0) is 9.53 Å². The Labute approximate surface area is 78.7 Å². The van der Waals surface area contributed by atoms with Crippen molar-refractivity contribution in [3.63, 3.8) is 0 Å². The van der Waals surface area contributed by atoms with Crippen LogP contribution in [0.5, 0.6) is 0 Å². The second-order valence-corrected chi connectivity index (χ2v) is 3.80. The molecule has 0 aromatic rings. The van der Waals surface area contributed by atoms with E-state index in [0.29, 0.717) is 6.42 Å². The quantitative estimate of drug-likeness (QED) is 0.624. The van der Waals surface area contributed by atoms with Gasteiger partial charge in [0.2, 0.25) is 0 Å². The average molecular weight is 181 g/mol. The first kappa shape index (κ1) is 10.0. The highest BCUT2D eigenvalue weighted by molar-refractivity contribution is 5.69. The molecule has 0 saturated heterocycles. The molecule has 0 aliphatic heterocycles. The molecule has 1 unspecified atom stereocenters. The summed E-state index contributed by atoms with van der Waals surface area (Å²) in [4.78, 5) is 11.0. The fraction of sp³-hybridized carbons (Fsp3) is 0.800. The Morgan fingerprint density at radius 3 is 2.62 bits per heavy atom. The first-order valence-electron chi connectivity index (χ1n) is 4.63. The van der Waals surface area contributed by atoms with Gasteiger partial charge in [-0.3, -0.25) is 4.79 Å². The predicted molar refractivity (Wildman–Crippen MR) is 47.7 cm³/mol. The second-order valence-electron chi connectivity index (χ2n) is 3.80. The molecule has 72 valence electrons. The van der Waals surface area contributed by atoms with Crippen LogP contribution in [0, 0.1) is 22.7 Å². The van der Waals surface area contributed by atoms with Gasteiger partial charge in [-0.2, -0.15) is 5.26 Å². The molecular formula is C10H15NO2. The minimum atomic E-state index is -0.242. The van der Waals surface area contributed by atoms with E-state index >= 15 is 0 Å². The van der Waals surface area contributed by atoms with Gasteiger partial charge in [0.1, 0.15) is 0 Å². The van der Waals surface area contributed by atoms with Gasteiger partial charge < -0.3 is 4.74 Å². The molecule has 3 heteroatoms. The molecule has 0 aromatic carbocycles. The standard InChI is InChI=1S/C10H15NO2/c1-8(6-9(12)13-2)10(7-11)4-3-5-10/h8H,3-6H2,1-2H3. The number of hydrogen-bond acceptors (Lipinski definition) is 3. The summed E-state index contributed by atoms with van der Waals surface area (Å²) < 4.78 is 4.58. The summed E-state index contributed by atoms with van der Waals surface area (Å²) in [6.07, 6.45) is 3.34. The Balaban J connectivity index is 2.51. The molecule has 1 fully saturated rings. The molecule has 0 N–H and O–H groups in total. The maximum Gasteiger partial charge on any atom is 0.305 e. The molecule has 0 heterocycles. The lowest BCUT2D eigenvalue weighted by Crippen LogP contribution is -2.35. The van der Waals surface area contributed by atoms with Crippen molar-refractivity contribution in [2.24, 2.45) is 11.3 Å². The normalized spacial score (nSPS) is 21.0. The van der Waals surface area contributed by atoms with E-state index in [9.17, 15) is 4.79 Å². The van der Waals surface area contributed by atoms with Crippen LogP contribution in [0.3, 0.4) is 0 Å². The second kappa shape index (κ2) is 3.78. The molecule has 13 heavy (non-hydrogen) atoms. The van der Waals surface area contributed by atoms with Gasteiger partial charge in [0.05, 0.1) is 18.6 Å². The molecule has 1 saturated carbocycles. The lowest BCUT2D eigenvalue weighted by molar-refractivity contribution is -0.142. The lowest BCUT2D eigenvalue weighted by atomic mass is 9.62. The summed E-state index contributed by atoms with van der Waals surface area (Å²) in [5, 5.41) is 8.99. The van der Waals surface area contributed by atoms with Crippen LogP contribution < -0.4 is 0 Å². The maximum absolute atomic E-state index is 11.0. The van der Waals surface area contributed by atoms with Crippen molar-refractivity contribution in [1.29, 1.82) is 5.26 Å². The van der Waals surface area contributed by atoms with E-state index < -0.39 is 0 Å². The molecule has 0 spiro atoms. The van der Waals surface area contributed by atoms with Crippen molar-refractivity contribution in [3.8, 4) is 6.07 Å². The van der Waals surface area contributed by atoms with Gasteiger partial charge in [-0.25, -0.2) is 0 Å². The monoisotopic (exact) mass is 181 g/mol. The van der Waals surface area contributed by atoms with Gasteiger partial charge in [0.25, 0.3) is 0 Å². The zero-order chi connectivity index (χ0) is 9.90. The zero-order valence-electron chi connectivity index (χ0n) is 8.17. The average Bonchev–Trinajstić information content (AvgIpc) is 2.03. The zero-order valence-corrected chi connectivity index (χ0v) is 8.17. The molecule has 0 amide bonds. The molecule has 1 aliphatic rings. The van der Waals surface area contributed by atoms with Crippen molar-refractivity contribution < 1.29 is 9.53 Å². The SMILES string of the molecule is COC(=O)CC(C)C1(C#N)CCC1. The third kappa shape index (κ3) is 1.82. The van der Waals surface area contributed by atoms with Gasteiger partial charge in [-0.15, -0.1) is 0 Å². The number of carbonyl (C=O) groups is 1. The molecule has 0 bridgehead atoms. The summed E-state index contributed by atoms with van der Waals surface area (Å²) in [5.74, 6) is -0.0901.